The normalized spacial score (nSPS) is 17.1. The fourth-order valence-corrected chi connectivity index (χ4v) is 4.95. The van der Waals surface area contributed by atoms with Gasteiger partial charge in [0.05, 0.1) is 11.8 Å². The van der Waals surface area contributed by atoms with Crippen LogP contribution in [0, 0.1) is 5.82 Å². The molecule has 2 aromatic heterocycles. The van der Waals surface area contributed by atoms with Crippen molar-refractivity contribution >= 4 is 22.8 Å². The Labute approximate surface area is 197 Å². The average Bonchev–Trinajstić information content (AvgIpc) is 3.09. The molecule has 0 atom stereocenters. The van der Waals surface area contributed by atoms with Crippen molar-refractivity contribution in [1.29, 1.82) is 0 Å². The smallest absolute Gasteiger partial charge is 0.406 e. The monoisotopic (exact) mass is 490 g/mol. The molecule has 11 heteroatoms. The summed E-state index contributed by atoms with van der Waals surface area (Å²) in [5.74, 6) is -1.68. The first-order chi connectivity index (χ1) is 16.7. The van der Waals surface area contributed by atoms with Gasteiger partial charge in [0.1, 0.15) is 17.2 Å². The number of aryl methyl sites for hydroxylation is 1. The third kappa shape index (κ3) is 4.54. The molecule has 35 heavy (non-hydrogen) atoms. The molecule has 1 fully saturated rings. The Bertz CT molecular complexity index is 1280. The molecule has 4 heterocycles. The first-order valence-electron chi connectivity index (χ1n) is 11.3. The number of rotatable bonds is 3. The Hall–Kier alpha value is -3.63. The van der Waals surface area contributed by atoms with Crippen molar-refractivity contribution in [1.82, 2.24) is 20.2 Å². The minimum atomic E-state index is -4.81. The minimum absolute atomic E-state index is 0.219. The van der Waals surface area contributed by atoms with E-state index in [1.165, 1.54) is 12.1 Å². The van der Waals surface area contributed by atoms with Gasteiger partial charge in [-0.3, -0.25) is 9.59 Å². The number of amides is 2. The Balaban J connectivity index is 1.35. The van der Waals surface area contributed by atoms with Crippen molar-refractivity contribution in [3.8, 4) is 5.75 Å². The van der Waals surface area contributed by atoms with Gasteiger partial charge in [0.2, 0.25) is 0 Å². The van der Waals surface area contributed by atoms with Gasteiger partial charge >= 0.3 is 6.36 Å². The predicted molar refractivity (Wildman–Crippen MR) is 118 cm³/mol. The van der Waals surface area contributed by atoms with E-state index in [0.29, 0.717) is 61.1 Å². The van der Waals surface area contributed by atoms with Crippen molar-refractivity contribution in [2.75, 3.05) is 19.6 Å². The Morgan fingerprint density at radius 2 is 1.86 bits per heavy atom. The maximum Gasteiger partial charge on any atom is 0.573 e. The topological polar surface area (TPSA) is 87.3 Å². The zero-order valence-electron chi connectivity index (χ0n) is 18.5. The number of halogens is 4. The summed E-state index contributed by atoms with van der Waals surface area (Å²) >= 11 is 0. The number of hydrogen-bond acceptors (Lipinski definition) is 4. The van der Waals surface area contributed by atoms with Crippen molar-refractivity contribution < 1.29 is 31.9 Å². The van der Waals surface area contributed by atoms with Crippen LogP contribution in [0.4, 0.5) is 17.6 Å². The molecule has 0 unspecified atom stereocenters. The number of H-pyrrole nitrogens is 1. The number of aromatic amines is 1. The van der Waals surface area contributed by atoms with Crippen LogP contribution in [0.25, 0.3) is 11.0 Å². The van der Waals surface area contributed by atoms with Crippen molar-refractivity contribution in [3.05, 3.63) is 58.7 Å². The number of likely N-dealkylation sites (tertiary alicyclic amines) is 1. The molecule has 5 rings (SSSR count). The molecule has 0 spiro atoms. The van der Waals surface area contributed by atoms with Crippen LogP contribution in [0.3, 0.4) is 0 Å². The number of fused-ring (bicyclic) bond motifs is 3. The Morgan fingerprint density at radius 3 is 2.54 bits per heavy atom. The van der Waals surface area contributed by atoms with E-state index < -0.39 is 17.9 Å². The van der Waals surface area contributed by atoms with Crippen LogP contribution in [0.5, 0.6) is 5.75 Å². The second-order valence-electron chi connectivity index (χ2n) is 8.72. The summed E-state index contributed by atoms with van der Waals surface area (Å²) in [6, 6.07) is 4.77. The van der Waals surface area contributed by atoms with Gasteiger partial charge < -0.3 is 19.9 Å². The fraction of sp³-hybridized carbons (Fsp3) is 0.375. The summed E-state index contributed by atoms with van der Waals surface area (Å²) in [4.78, 5) is 34.5. The number of piperidine rings is 1. The lowest BCUT2D eigenvalue weighted by Gasteiger charge is -2.32. The second kappa shape index (κ2) is 8.86. The molecular weight excluding hydrogens is 468 g/mol. The molecular formula is C24H22F4N4O3. The zero-order chi connectivity index (χ0) is 24.7. The van der Waals surface area contributed by atoms with Gasteiger partial charge in [-0.05, 0) is 55.9 Å². The molecule has 1 saturated heterocycles. The number of nitrogens with one attached hydrogen (secondary N) is 2. The van der Waals surface area contributed by atoms with Crippen LogP contribution in [0.1, 0.15) is 57.2 Å². The summed E-state index contributed by atoms with van der Waals surface area (Å²) in [6.07, 6.45) is -1.28. The highest BCUT2D eigenvalue weighted by molar-refractivity contribution is 6.09. The fourth-order valence-electron chi connectivity index (χ4n) is 4.95. The lowest BCUT2D eigenvalue weighted by molar-refractivity contribution is -0.274. The van der Waals surface area contributed by atoms with Crippen LogP contribution < -0.4 is 10.1 Å². The van der Waals surface area contributed by atoms with E-state index >= 15 is 4.39 Å². The van der Waals surface area contributed by atoms with Crippen LogP contribution in [0.2, 0.25) is 0 Å². The molecule has 0 aliphatic carbocycles. The molecule has 7 nitrogen and oxygen atoms in total. The number of alkyl halides is 3. The highest BCUT2D eigenvalue weighted by Crippen LogP contribution is 2.38. The Morgan fingerprint density at radius 1 is 1.14 bits per heavy atom. The van der Waals surface area contributed by atoms with Crippen LogP contribution >= 0.6 is 0 Å². The third-order valence-corrected chi connectivity index (χ3v) is 6.53. The molecule has 2 amide bonds. The number of ether oxygens (including phenoxy) is 1. The van der Waals surface area contributed by atoms with Crippen molar-refractivity contribution in [2.45, 2.75) is 38.0 Å². The maximum absolute atomic E-state index is 15.1. The Kier molecular flexibility index (Phi) is 5.86. The average molecular weight is 490 g/mol. The lowest BCUT2D eigenvalue weighted by atomic mass is 9.86. The van der Waals surface area contributed by atoms with Crippen LogP contribution in [0.15, 0.2) is 30.5 Å². The van der Waals surface area contributed by atoms with E-state index in [-0.39, 0.29) is 23.3 Å². The van der Waals surface area contributed by atoms with Gasteiger partial charge in [0.25, 0.3) is 11.8 Å². The minimum Gasteiger partial charge on any atom is -0.406 e. The largest absolute Gasteiger partial charge is 0.573 e. The van der Waals surface area contributed by atoms with Crippen LogP contribution in [-0.4, -0.2) is 52.7 Å². The van der Waals surface area contributed by atoms with E-state index in [2.05, 4.69) is 20.0 Å². The van der Waals surface area contributed by atoms with E-state index in [1.807, 2.05) is 0 Å². The van der Waals surface area contributed by atoms with Crippen molar-refractivity contribution in [3.63, 3.8) is 0 Å². The first-order valence-corrected chi connectivity index (χ1v) is 11.3. The number of carbonyl (C=O) groups is 2. The number of hydrogen-bond donors (Lipinski definition) is 2. The molecule has 2 aliphatic heterocycles. The van der Waals surface area contributed by atoms with E-state index in [1.54, 1.807) is 4.90 Å². The molecule has 0 bridgehead atoms. The van der Waals surface area contributed by atoms with E-state index in [9.17, 15) is 22.8 Å². The summed E-state index contributed by atoms with van der Waals surface area (Å²) in [7, 11) is 0. The summed E-state index contributed by atoms with van der Waals surface area (Å²) in [6.45, 7) is 1.23. The van der Waals surface area contributed by atoms with Gasteiger partial charge in [-0.2, -0.15) is 0 Å². The summed E-state index contributed by atoms with van der Waals surface area (Å²) in [5, 5.41) is 3.36. The summed E-state index contributed by atoms with van der Waals surface area (Å²) < 4.78 is 56.0. The van der Waals surface area contributed by atoms with Gasteiger partial charge in [-0.25, -0.2) is 9.37 Å². The molecule has 1 aromatic carbocycles. The summed E-state index contributed by atoms with van der Waals surface area (Å²) in [5.41, 5.74) is 2.34. The number of carbonyl (C=O) groups excluding carboxylic acids is 2. The zero-order valence-corrected chi connectivity index (χ0v) is 18.5. The third-order valence-electron chi connectivity index (χ3n) is 6.53. The lowest BCUT2D eigenvalue weighted by Crippen LogP contribution is -2.38. The number of aromatic nitrogens is 2. The van der Waals surface area contributed by atoms with Gasteiger partial charge in [-0.15, -0.1) is 13.2 Å². The first kappa shape index (κ1) is 23.1. The molecule has 0 radical (unpaired) electrons. The van der Waals surface area contributed by atoms with Crippen molar-refractivity contribution in [2.24, 2.45) is 0 Å². The number of pyridine rings is 1. The number of nitrogens with zero attached hydrogens (tertiary/aromatic N) is 2. The molecule has 3 aromatic rings. The van der Waals surface area contributed by atoms with E-state index in [0.717, 1.165) is 30.4 Å². The van der Waals surface area contributed by atoms with Crippen LogP contribution in [-0.2, 0) is 6.42 Å². The highest BCUT2D eigenvalue weighted by atomic mass is 19.4. The van der Waals surface area contributed by atoms with Gasteiger partial charge in [0, 0.05) is 41.8 Å². The maximum atomic E-state index is 15.1. The van der Waals surface area contributed by atoms with Gasteiger partial charge in [0.15, 0.2) is 0 Å². The highest BCUT2D eigenvalue weighted by Gasteiger charge is 2.33. The quantitative estimate of drug-likeness (QED) is 0.536. The van der Waals surface area contributed by atoms with Gasteiger partial charge in [-0.1, -0.05) is 0 Å². The standard InChI is InChI=1S/C24H22F4N4O3/c25-16-12-30-21-20(19-17(31-21)2-1-9-29-22(19)33)18(16)13-7-10-32(11-8-13)23(34)14-3-5-15(6-4-14)35-24(26,27)28/h3-6,12-13H,1-2,7-11H2,(H,29,33)(H,30,31). The van der Waals surface area contributed by atoms with E-state index in [4.69, 9.17) is 0 Å². The molecule has 2 aliphatic rings. The molecule has 2 N–H and O–H groups in total. The molecule has 184 valence electrons. The molecule has 0 saturated carbocycles. The predicted octanol–water partition coefficient (Wildman–Crippen LogP) is 4.30. The second-order valence-corrected chi connectivity index (χ2v) is 8.72. The SMILES string of the molecule is O=C1NCCCc2[nH]c3ncc(F)c(C4CCN(C(=O)c5ccc(OC(F)(F)F)cc5)CC4)c3c21. The number of benzene rings is 1.